The van der Waals surface area contributed by atoms with Gasteiger partial charge < -0.3 is 56.5 Å². The molecule has 9 rings (SSSR count). The molecule has 396 valence electrons. The Morgan fingerprint density at radius 1 is 0.919 bits per heavy atom. The fourth-order valence-electron chi connectivity index (χ4n) is 12.9. The molecule has 1 saturated heterocycles. The largest absolute Gasteiger partial charge is 0.504 e. The van der Waals surface area contributed by atoms with E-state index in [-0.39, 0.29) is 54.8 Å². The quantitative estimate of drug-likeness (QED) is 0.0328. The molecule has 13 heteroatoms. The van der Waals surface area contributed by atoms with Gasteiger partial charge in [0.25, 0.3) is 0 Å². The monoisotopic (exact) mass is 1040 g/mol. The molecule has 3 aromatic carbocycles. The van der Waals surface area contributed by atoms with Crippen LogP contribution in [0.15, 0.2) is 126 Å². The van der Waals surface area contributed by atoms with E-state index in [1.165, 1.54) is 11.1 Å². The van der Waals surface area contributed by atoms with Crippen molar-refractivity contribution < 1.29 is 40.5 Å². The van der Waals surface area contributed by atoms with Gasteiger partial charge in [-0.1, -0.05) is 119 Å². The average Bonchev–Trinajstić information content (AvgIpc) is 3.87. The first-order chi connectivity index (χ1) is 36.0. The van der Waals surface area contributed by atoms with Crippen LogP contribution in [-0.2, 0) is 19.3 Å². The van der Waals surface area contributed by atoms with Gasteiger partial charge in [-0.15, -0.1) is 0 Å². The molecule has 2 aliphatic heterocycles. The molecular formula is C61H77N3O8S2. The van der Waals surface area contributed by atoms with Crippen LogP contribution < -0.4 is 15.8 Å². The van der Waals surface area contributed by atoms with Crippen molar-refractivity contribution in [1.82, 2.24) is 10.3 Å². The Balaban J connectivity index is 1.08. The lowest BCUT2D eigenvalue weighted by molar-refractivity contribution is -0.0215. The molecule has 3 aliphatic carbocycles. The van der Waals surface area contributed by atoms with E-state index in [4.69, 9.17) is 10.5 Å². The van der Waals surface area contributed by atoms with Crippen LogP contribution in [0.25, 0.3) is 0 Å². The Kier molecular flexibility index (Phi) is 18.3. The van der Waals surface area contributed by atoms with E-state index in [0.29, 0.717) is 75.2 Å². The van der Waals surface area contributed by atoms with Gasteiger partial charge in [0.2, 0.25) is 0 Å². The number of hydrogen-bond acceptors (Lipinski definition) is 12. The highest BCUT2D eigenvalue weighted by Gasteiger charge is 2.44. The Morgan fingerprint density at radius 3 is 2.46 bits per heavy atom. The summed E-state index contributed by atoms with van der Waals surface area (Å²) >= 11 is 0. The molecule has 11 nitrogen and oxygen atoms in total. The van der Waals surface area contributed by atoms with Crippen LogP contribution in [0.2, 0.25) is 0 Å². The Hall–Kier alpha value is -4.62. The van der Waals surface area contributed by atoms with Crippen LogP contribution in [0.4, 0.5) is 0 Å². The highest BCUT2D eigenvalue weighted by Crippen LogP contribution is 2.51. The molecule has 0 radical (unpaired) electrons. The van der Waals surface area contributed by atoms with Crippen molar-refractivity contribution in [3.63, 3.8) is 0 Å². The summed E-state index contributed by atoms with van der Waals surface area (Å²) in [6.45, 7) is 2.40. The molecule has 0 saturated carbocycles. The smallest absolute Gasteiger partial charge is 0.161 e. The zero-order valence-electron chi connectivity index (χ0n) is 42.7. The zero-order chi connectivity index (χ0) is 51.8. The summed E-state index contributed by atoms with van der Waals surface area (Å²) in [6, 6.07) is 28.7. The highest BCUT2D eigenvalue weighted by molar-refractivity contribution is 8.76. The molecule has 0 bridgehead atoms. The van der Waals surface area contributed by atoms with Gasteiger partial charge in [0, 0.05) is 77.8 Å². The summed E-state index contributed by atoms with van der Waals surface area (Å²) < 4.78 is 6.93. The summed E-state index contributed by atoms with van der Waals surface area (Å²) in [5, 5.41) is 85.4. The van der Waals surface area contributed by atoms with E-state index in [9.17, 15) is 35.7 Å². The van der Waals surface area contributed by atoms with Crippen LogP contribution in [-0.4, -0.2) is 103 Å². The zero-order valence-corrected chi connectivity index (χ0v) is 44.3. The lowest BCUT2D eigenvalue weighted by Crippen LogP contribution is -2.42. The third-order valence-electron chi connectivity index (χ3n) is 16.9. The number of allylic oxidation sites excluding steroid dienone is 3. The SMILES string of the molecule is CCC1Cc2cc(O)c(OC3CC(Cc4ccc[nH]4)C4=CCNC(N)=C4CSSCC(CO)C3O)cc2C2CC(O)C3C(C#CC(CCO)(CC(CCc4ccccc4)c4ccccc4)CC(O)CCC3O)C=C12. The number of aromatic hydroxyl groups is 1. The number of ether oxygens (including phenoxy) is 1. The number of aromatic amines is 1. The van der Waals surface area contributed by atoms with Crippen molar-refractivity contribution in [2.24, 2.45) is 40.7 Å². The van der Waals surface area contributed by atoms with E-state index < -0.39 is 53.7 Å². The maximum Gasteiger partial charge on any atom is 0.161 e. The number of H-pyrrole nitrogens is 1. The maximum absolute atomic E-state index is 12.6. The third-order valence-corrected chi connectivity index (χ3v) is 19.3. The molecule has 3 heterocycles. The van der Waals surface area contributed by atoms with Crippen molar-refractivity contribution in [2.75, 3.05) is 31.3 Å². The van der Waals surface area contributed by atoms with Gasteiger partial charge in [0.15, 0.2) is 11.5 Å². The molecule has 74 heavy (non-hydrogen) atoms. The minimum absolute atomic E-state index is 0.0363. The van der Waals surface area contributed by atoms with Gasteiger partial charge in [0.1, 0.15) is 11.9 Å². The molecule has 1 aromatic heterocycles. The van der Waals surface area contributed by atoms with E-state index in [0.717, 1.165) is 52.8 Å². The molecule has 11 N–H and O–H groups in total. The summed E-state index contributed by atoms with van der Waals surface area (Å²) in [5.74, 6) is 7.46. The predicted octanol–water partition coefficient (Wildman–Crippen LogP) is 8.45. The van der Waals surface area contributed by atoms with E-state index in [1.54, 1.807) is 27.7 Å². The number of phenolic OH excluding ortho intramolecular Hbond substituents is 1. The van der Waals surface area contributed by atoms with Crippen LogP contribution in [0.1, 0.15) is 104 Å². The molecule has 13 atom stereocenters. The number of nitrogens with two attached hydrogens (primary N) is 1. The topological polar surface area (TPSA) is 205 Å². The molecule has 0 amide bonds. The first kappa shape index (κ1) is 54.2. The average molecular weight is 1040 g/mol. The minimum Gasteiger partial charge on any atom is -0.504 e. The second-order valence-corrected chi connectivity index (χ2v) is 24.2. The molecule has 0 spiro atoms. The number of fused-ring (bicyclic) bond motifs is 5. The molecular weight excluding hydrogens is 967 g/mol. The first-order valence-corrected chi connectivity index (χ1v) is 29.5. The standard InChI is InChI=1S/C61H77N3O8S2/c1-2-39-26-43-29-54(69)56(72-57-30-44(27-46-14-9-23-63-46)48-20-24-64-60(62)52(48)37-74-73-36-45(35-66)59(57)71)32-50(43)51-31-55(70)58-41(28-49(39)51)19-21-61(22-25-65,34-47(67)17-18-53(58)68)33-42(40-12-7-4-8-13-40)16-15-38-10-5-3-6-11-38/h3-14,20,23,28-29,32,39,41-42,44-45,47,51,53,55,57-59,63-71H,2,15-18,22,24-27,30-31,33-37,62H2,1H3. The number of nitrogens with one attached hydrogen (secondary N) is 2. The number of phenols is 1. The van der Waals surface area contributed by atoms with Gasteiger partial charge in [-0.3, -0.25) is 0 Å². The van der Waals surface area contributed by atoms with Crippen molar-refractivity contribution in [3.05, 3.63) is 154 Å². The summed E-state index contributed by atoms with van der Waals surface area (Å²) in [6.07, 6.45) is 8.23. The van der Waals surface area contributed by atoms with Crippen LogP contribution in [0.3, 0.4) is 0 Å². The predicted molar refractivity (Wildman–Crippen MR) is 296 cm³/mol. The van der Waals surface area contributed by atoms with Crippen LogP contribution in [0.5, 0.6) is 11.5 Å². The van der Waals surface area contributed by atoms with Gasteiger partial charge in [-0.2, -0.15) is 0 Å². The summed E-state index contributed by atoms with van der Waals surface area (Å²) in [4.78, 5) is 3.36. The van der Waals surface area contributed by atoms with Crippen molar-refractivity contribution in [1.29, 1.82) is 0 Å². The number of aliphatic hydroxyl groups excluding tert-OH is 6. The molecule has 1 fully saturated rings. The highest BCUT2D eigenvalue weighted by atomic mass is 33.1. The number of dihydropyridines is 1. The number of rotatable bonds is 14. The molecule has 4 aromatic rings. The van der Waals surface area contributed by atoms with Crippen molar-refractivity contribution >= 4 is 21.6 Å². The molecule has 5 aliphatic rings. The Labute approximate surface area is 445 Å². The van der Waals surface area contributed by atoms with Gasteiger partial charge in [0.05, 0.1) is 24.4 Å². The lowest BCUT2D eigenvalue weighted by Gasteiger charge is -2.37. The number of aryl methyl sites for hydroxylation is 1. The third kappa shape index (κ3) is 12.6. The van der Waals surface area contributed by atoms with Crippen LogP contribution in [0, 0.1) is 46.8 Å². The minimum atomic E-state index is -1.08. The van der Waals surface area contributed by atoms with E-state index in [1.807, 2.05) is 30.5 Å². The number of hydrogen-bond donors (Lipinski definition) is 10. The summed E-state index contributed by atoms with van der Waals surface area (Å²) in [7, 11) is 3.24. The summed E-state index contributed by atoms with van der Waals surface area (Å²) in [5.41, 5.74) is 14.5. The maximum atomic E-state index is 12.6. The normalized spacial score (nSPS) is 30.9. The second-order valence-electron chi connectivity index (χ2n) is 21.7. The molecule has 13 unspecified atom stereocenters. The van der Waals surface area contributed by atoms with Gasteiger partial charge >= 0.3 is 0 Å². The fourth-order valence-corrected chi connectivity index (χ4v) is 15.5. The lowest BCUT2D eigenvalue weighted by atomic mass is 9.69. The fraction of sp³-hybridized carbons (Fsp3) is 0.508. The van der Waals surface area contributed by atoms with Gasteiger partial charge in [-0.05, 0) is 147 Å². The Morgan fingerprint density at radius 2 is 1.72 bits per heavy atom. The number of aliphatic hydroxyl groups is 6. The van der Waals surface area contributed by atoms with Crippen LogP contribution >= 0.6 is 21.6 Å². The second kappa shape index (κ2) is 25.0. The Bertz CT molecular complexity index is 2630. The van der Waals surface area contributed by atoms with E-state index >= 15 is 0 Å². The number of benzene rings is 3. The first-order valence-electron chi connectivity index (χ1n) is 27.1. The van der Waals surface area contributed by atoms with Gasteiger partial charge in [-0.25, -0.2) is 0 Å². The van der Waals surface area contributed by atoms with E-state index in [2.05, 4.69) is 95.8 Å². The van der Waals surface area contributed by atoms with Crippen molar-refractivity contribution in [2.45, 2.75) is 126 Å². The van der Waals surface area contributed by atoms with Crippen molar-refractivity contribution in [3.8, 4) is 23.3 Å². The number of aromatic nitrogens is 1.